The van der Waals surface area contributed by atoms with Gasteiger partial charge < -0.3 is 15.5 Å². The van der Waals surface area contributed by atoms with Gasteiger partial charge in [0, 0.05) is 43.8 Å². The van der Waals surface area contributed by atoms with Gasteiger partial charge in [0.1, 0.15) is 11.4 Å². The summed E-state index contributed by atoms with van der Waals surface area (Å²) in [7, 11) is -0.251. The SMILES string of the molecule is CCS(=O)(=O)Nc1cccc(CNc2nc(Nc3ccc(C(=O)N(C)C)cc3)ncc2C(F)(F)F)c1. The minimum Gasteiger partial charge on any atom is -0.365 e. The average molecular weight is 523 g/mol. The van der Waals surface area contributed by atoms with Crippen molar-refractivity contribution in [3.05, 3.63) is 71.4 Å². The summed E-state index contributed by atoms with van der Waals surface area (Å²) in [4.78, 5) is 21.2. The summed E-state index contributed by atoms with van der Waals surface area (Å²) in [6.45, 7) is 1.44. The summed E-state index contributed by atoms with van der Waals surface area (Å²) in [6, 6.07) is 12.6. The summed E-state index contributed by atoms with van der Waals surface area (Å²) in [6.07, 6.45) is -4.03. The fourth-order valence-corrected chi connectivity index (χ4v) is 3.68. The molecular formula is C23H25F3N6O3S. The molecule has 1 aromatic heterocycles. The summed E-state index contributed by atoms with van der Waals surface area (Å²) in [5.74, 6) is -0.832. The molecule has 2 aromatic carbocycles. The lowest BCUT2D eigenvalue weighted by Gasteiger charge is -2.15. The van der Waals surface area contributed by atoms with Gasteiger partial charge in [0.25, 0.3) is 5.91 Å². The summed E-state index contributed by atoms with van der Waals surface area (Å²) < 4.78 is 66.6. The maximum absolute atomic E-state index is 13.6. The van der Waals surface area contributed by atoms with Crippen molar-refractivity contribution in [3.8, 4) is 0 Å². The molecule has 0 aliphatic rings. The van der Waals surface area contributed by atoms with Gasteiger partial charge >= 0.3 is 6.18 Å². The zero-order chi connectivity index (χ0) is 26.5. The number of nitrogens with one attached hydrogen (secondary N) is 3. The van der Waals surface area contributed by atoms with E-state index in [9.17, 15) is 26.4 Å². The van der Waals surface area contributed by atoms with Crippen LogP contribution >= 0.6 is 0 Å². The molecule has 3 N–H and O–H groups in total. The highest BCUT2D eigenvalue weighted by molar-refractivity contribution is 7.92. The first-order chi connectivity index (χ1) is 16.9. The van der Waals surface area contributed by atoms with Crippen molar-refractivity contribution < 1.29 is 26.4 Å². The van der Waals surface area contributed by atoms with Crippen molar-refractivity contribution in [1.29, 1.82) is 0 Å². The molecule has 0 saturated carbocycles. The lowest BCUT2D eigenvalue weighted by Crippen LogP contribution is -2.21. The predicted octanol–water partition coefficient (Wildman–Crippen LogP) is 4.31. The largest absolute Gasteiger partial charge is 0.421 e. The number of hydrogen-bond acceptors (Lipinski definition) is 7. The number of aromatic nitrogens is 2. The molecule has 0 atom stereocenters. The van der Waals surface area contributed by atoms with Crippen LogP contribution in [-0.2, 0) is 22.7 Å². The van der Waals surface area contributed by atoms with E-state index in [1.165, 1.54) is 17.9 Å². The second-order valence-corrected chi connectivity index (χ2v) is 9.93. The normalized spacial score (nSPS) is 11.6. The number of nitrogens with zero attached hydrogens (tertiary/aromatic N) is 3. The quantitative estimate of drug-likeness (QED) is 0.383. The Kier molecular flexibility index (Phi) is 8.03. The fourth-order valence-electron chi connectivity index (χ4n) is 3.05. The van der Waals surface area contributed by atoms with E-state index in [1.807, 2.05) is 0 Å². The summed E-state index contributed by atoms with van der Waals surface area (Å²) in [5, 5.41) is 5.49. The minimum absolute atomic E-state index is 0.0530. The van der Waals surface area contributed by atoms with Crippen LogP contribution in [0.25, 0.3) is 0 Å². The summed E-state index contributed by atoms with van der Waals surface area (Å²) in [5.41, 5.74) is 0.710. The van der Waals surface area contributed by atoms with E-state index in [-0.39, 0.29) is 24.2 Å². The van der Waals surface area contributed by atoms with Gasteiger partial charge in [0.05, 0.1) is 5.75 Å². The molecule has 192 valence electrons. The van der Waals surface area contributed by atoms with Crippen LogP contribution in [0.3, 0.4) is 0 Å². The van der Waals surface area contributed by atoms with Crippen molar-refractivity contribution in [2.24, 2.45) is 0 Å². The lowest BCUT2D eigenvalue weighted by molar-refractivity contribution is -0.137. The van der Waals surface area contributed by atoms with Gasteiger partial charge in [-0.15, -0.1) is 0 Å². The Labute approximate surface area is 206 Å². The standard InChI is InChI=1S/C23H25F3N6O3S/c1-4-36(34,35)31-18-7-5-6-15(12-18)13-27-20-19(23(24,25)26)14-28-22(30-20)29-17-10-8-16(9-11-17)21(33)32(2)3/h5-12,14,31H,4,13H2,1-3H3,(H2,27,28,29,30). The van der Waals surface area contributed by atoms with Crippen LogP contribution < -0.4 is 15.4 Å². The minimum atomic E-state index is -4.70. The monoisotopic (exact) mass is 522 g/mol. The van der Waals surface area contributed by atoms with Crippen molar-refractivity contribution in [2.45, 2.75) is 19.6 Å². The maximum atomic E-state index is 13.6. The molecule has 0 spiro atoms. The topological polar surface area (TPSA) is 116 Å². The second kappa shape index (κ2) is 10.8. The van der Waals surface area contributed by atoms with Gasteiger partial charge in [-0.3, -0.25) is 9.52 Å². The van der Waals surface area contributed by atoms with Gasteiger partial charge in [0.2, 0.25) is 16.0 Å². The van der Waals surface area contributed by atoms with E-state index in [2.05, 4.69) is 25.3 Å². The number of hydrogen-bond donors (Lipinski definition) is 3. The zero-order valence-corrected chi connectivity index (χ0v) is 20.5. The van der Waals surface area contributed by atoms with Crippen molar-refractivity contribution in [1.82, 2.24) is 14.9 Å². The van der Waals surface area contributed by atoms with E-state index >= 15 is 0 Å². The number of sulfonamides is 1. The number of halogens is 3. The molecule has 9 nitrogen and oxygen atoms in total. The number of amides is 1. The third kappa shape index (κ3) is 7.07. The van der Waals surface area contributed by atoms with Crippen LogP contribution in [0, 0.1) is 0 Å². The molecule has 0 unspecified atom stereocenters. The van der Waals surface area contributed by atoms with Gasteiger partial charge in [0.15, 0.2) is 0 Å². The first-order valence-corrected chi connectivity index (χ1v) is 12.4. The van der Waals surface area contributed by atoms with E-state index < -0.39 is 27.6 Å². The Morgan fingerprint density at radius 2 is 1.75 bits per heavy atom. The third-order valence-corrected chi connectivity index (χ3v) is 6.24. The number of carbonyl (C=O) groups excluding carboxylic acids is 1. The molecule has 36 heavy (non-hydrogen) atoms. The molecule has 1 heterocycles. The maximum Gasteiger partial charge on any atom is 0.421 e. The molecule has 0 bridgehead atoms. The molecule has 3 rings (SSSR count). The highest BCUT2D eigenvalue weighted by Gasteiger charge is 2.35. The highest BCUT2D eigenvalue weighted by atomic mass is 32.2. The Bertz CT molecular complexity index is 1330. The number of carbonyl (C=O) groups is 1. The van der Waals surface area contributed by atoms with Crippen molar-refractivity contribution in [2.75, 3.05) is 35.2 Å². The smallest absolute Gasteiger partial charge is 0.365 e. The molecule has 0 fully saturated rings. The van der Waals surface area contributed by atoms with Crippen molar-refractivity contribution >= 4 is 39.1 Å². The predicted molar refractivity (Wildman–Crippen MR) is 132 cm³/mol. The molecule has 0 aliphatic heterocycles. The highest BCUT2D eigenvalue weighted by Crippen LogP contribution is 2.34. The van der Waals surface area contributed by atoms with Gasteiger partial charge in [-0.2, -0.15) is 18.2 Å². The molecule has 0 saturated heterocycles. The molecule has 0 radical (unpaired) electrons. The Morgan fingerprint density at radius 3 is 2.36 bits per heavy atom. The molecular weight excluding hydrogens is 497 g/mol. The summed E-state index contributed by atoms with van der Waals surface area (Å²) >= 11 is 0. The Hall–Kier alpha value is -3.87. The third-order valence-electron chi connectivity index (χ3n) is 4.93. The van der Waals surface area contributed by atoms with Gasteiger partial charge in [-0.25, -0.2) is 13.4 Å². The molecule has 0 aliphatic carbocycles. The van der Waals surface area contributed by atoms with Crippen LogP contribution in [0.15, 0.2) is 54.7 Å². The number of benzene rings is 2. The van der Waals surface area contributed by atoms with E-state index in [0.717, 1.165) is 0 Å². The van der Waals surface area contributed by atoms with Crippen LogP contribution in [0.4, 0.5) is 36.3 Å². The number of alkyl halides is 3. The first-order valence-electron chi connectivity index (χ1n) is 10.7. The molecule has 3 aromatic rings. The molecule has 13 heteroatoms. The fraction of sp³-hybridized carbons (Fsp3) is 0.261. The Morgan fingerprint density at radius 1 is 1.06 bits per heavy atom. The number of rotatable bonds is 9. The Balaban J connectivity index is 1.80. The number of anilines is 4. The van der Waals surface area contributed by atoms with Crippen molar-refractivity contribution in [3.63, 3.8) is 0 Å². The van der Waals surface area contributed by atoms with Gasteiger partial charge in [-0.1, -0.05) is 12.1 Å². The lowest BCUT2D eigenvalue weighted by atomic mass is 10.2. The van der Waals surface area contributed by atoms with E-state index in [0.29, 0.717) is 28.7 Å². The molecule has 1 amide bonds. The van der Waals surface area contributed by atoms with E-state index in [4.69, 9.17) is 0 Å². The van der Waals surface area contributed by atoms with Crippen LogP contribution in [-0.4, -0.2) is 49.0 Å². The average Bonchev–Trinajstić information content (AvgIpc) is 2.82. The van der Waals surface area contributed by atoms with Crippen LogP contribution in [0.1, 0.15) is 28.4 Å². The first kappa shape index (κ1) is 26.7. The second-order valence-electron chi connectivity index (χ2n) is 7.91. The zero-order valence-electron chi connectivity index (χ0n) is 19.7. The van der Waals surface area contributed by atoms with Crippen LogP contribution in [0.2, 0.25) is 0 Å². The van der Waals surface area contributed by atoms with Crippen LogP contribution in [0.5, 0.6) is 0 Å². The van der Waals surface area contributed by atoms with Gasteiger partial charge in [-0.05, 0) is 48.9 Å². The van der Waals surface area contributed by atoms with E-state index in [1.54, 1.807) is 56.6 Å².